The molecule has 1 N–H and O–H groups in total. The van der Waals surface area contributed by atoms with Gasteiger partial charge in [-0.1, -0.05) is 30.9 Å². The maximum Gasteiger partial charge on any atom is 0.256 e. The van der Waals surface area contributed by atoms with Crippen LogP contribution >= 0.6 is 0 Å². The smallest absolute Gasteiger partial charge is 0.256 e. The Labute approximate surface area is 95.2 Å². The van der Waals surface area contributed by atoms with E-state index in [1.54, 1.807) is 12.1 Å². The molecule has 82 valence electrons. The van der Waals surface area contributed by atoms with Crippen LogP contribution in [0.1, 0.15) is 15.9 Å². The molecule has 0 atom stereocenters. The number of benzene rings is 1. The SMILES string of the molecule is C=C/N=C(\C=C)NC(=O)c1ccc(C)cc1. The van der Waals surface area contributed by atoms with E-state index in [-0.39, 0.29) is 5.91 Å². The fourth-order valence-electron chi connectivity index (χ4n) is 1.13. The van der Waals surface area contributed by atoms with Gasteiger partial charge in [-0.15, -0.1) is 0 Å². The van der Waals surface area contributed by atoms with Crippen LogP contribution in [0.2, 0.25) is 0 Å². The van der Waals surface area contributed by atoms with Crippen molar-refractivity contribution in [3.8, 4) is 0 Å². The molecule has 3 nitrogen and oxygen atoms in total. The molecule has 0 aliphatic rings. The first-order valence-corrected chi connectivity index (χ1v) is 4.86. The molecule has 0 spiro atoms. The second-order valence-electron chi connectivity index (χ2n) is 3.22. The van der Waals surface area contributed by atoms with E-state index in [1.165, 1.54) is 12.3 Å². The van der Waals surface area contributed by atoms with Gasteiger partial charge >= 0.3 is 0 Å². The summed E-state index contributed by atoms with van der Waals surface area (Å²) in [6.07, 6.45) is 2.82. The summed E-state index contributed by atoms with van der Waals surface area (Å²) in [7, 11) is 0. The van der Waals surface area contributed by atoms with Crippen LogP contribution < -0.4 is 5.32 Å². The summed E-state index contributed by atoms with van der Waals surface area (Å²) in [6, 6.07) is 7.29. The van der Waals surface area contributed by atoms with Crippen molar-refractivity contribution in [1.29, 1.82) is 0 Å². The van der Waals surface area contributed by atoms with E-state index in [0.29, 0.717) is 11.4 Å². The maximum absolute atomic E-state index is 11.7. The van der Waals surface area contributed by atoms with Crippen molar-refractivity contribution in [3.05, 3.63) is 60.8 Å². The molecule has 16 heavy (non-hydrogen) atoms. The number of amides is 1. The fraction of sp³-hybridized carbons (Fsp3) is 0.0769. The Bertz CT molecular complexity index is 430. The fourth-order valence-corrected chi connectivity index (χ4v) is 1.13. The van der Waals surface area contributed by atoms with E-state index in [2.05, 4.69) is 23.5 Å². The van der Waals surface area contributed by atoms with E-state index < -0.39 is 0 Å². The van der Waals surface area contributed by atoms with Gasteiger partial charge in [-0.3, -0.25) is 4.79 Å². The summed E-state index contributed by atoms with van der Waals surface area (Å²) >= 11 is 0. The highest BCUT2D eigenvalue weighted by molar-refractivity contribution is 6.10. The molecule has 0 aliphatic heterocycles. The summed E-state index contributed by atoms with van der Waals surface area (Å²) in [6.45, 7) is 8.97. The zero-order valence-corrected chi connectivity index (χ0v) is 9.23. The Kier molecular flexibility index (Phi) is 4.21. The minimum atomic E-state index is -0.208. The van der Waals surface area contributed by atoms with Gasteiger partial charge in [0.2, 0.25) is 0 Å². The Morgan fingerprint density at radius 1 is 1.31 bits per heavy atom. The molecule has 0 aromatic heterocycles. The van der Waals surface area contributed by atoms with E-state index in [0.717, 1.165) is 5.56 Å². The van der Waals surface area contributed by atoms with Crippen molar-refractivity contribution in [3.63, 3.8) is 0 Å². The van der Waals surface area contributed by atoms with Crippen LogP contribution in [0.5, 0.6) is 0 Å². The van der Waals surface area contributed by atoms with Gasteiger partial charge in [0.25, 0.3) is 5.91 Å². The van der Waals surface area contributed by atoms with Crippen molar-refractivity contribution < 1.29 is 4.79 Å². The third-order valence-corrected chi connectivity index (χ3v) is 1.98. The predicted molar refractivity (Wildman–Crippen MR) is 66.5 cm³/mol. The molecule has 0 fully saturated rings. The normalized spacial score (nSPS) is 10.7. The molecule has 1 aromatic rings. The molecule has 1 rings (SSSR count). The summed E-state index contributed by atoms with van der Waals surface area (Å²) in [5.74, 6) is 0.182. The van der Waals surface area contributed by atoms with E-state index >= 15 is 0 Å². The number of hydrogen-bond acceptors (Lipinski definition) is 2. The minimum Gasteiger partial charge on any atom is -0.307 e. The highest BCUT2D eigenvalue weighted by Gasteiger charge is 2.05. The van der Waals surface area contributed by atoms with E-state index in [9.17, 15) is 4.79 Å². The average Bonchev–Trinajstić information content (AvgIpc) is 2.29. The highest BCUT2D eigenvalue weighted by Crippen LogP contribution is 2.02. The number of hydrogen-bond donors (Lipinski definition) is 1. The maximum atomic E-state index is 11.7. The number of aliphatic imine (C=N–C) groups is 1. The lowest BCUT2D eigenvalue weighted by Crippen LogP contribution is -2.28. The van der Waals surface area contributed by atoms with Crippen LogP contribution in [0.15, 0.2) is 54.7 Å². The molecular formula is C13H14N2O. The zero-order chi connectivity index (χ0) is 12.0. The van der Waals surface area contributed by atoms with Gasteiger partial charge < -0.3 is 5.32 Å². The van der Waals surface area contributed by atoms with Gasteiger partial charge in [-0.2, -0.15) is 0 Å². The summed E-state index contributed by atoms with van der Waals surface area (Å²) in [4.78, 5) is 15.6. The first-order valence-electron chi connectivity index (χ1n) is 4.86. The van der Waals surface area contributed by atoms with Gasteiger partial charge in [0, 0.05) is 11.8 Å². The third-order valence-electron chi connectivity index (χ3n) is 1.98. The molecule has 0 saturated heterocycles. The zero-order valence-electron chi connectivity index (χ0n) is 9.23. The van der Waals surface area contributed by atoms with Gasteiger partial charge in [0.15, 0.2) is 0 Å². The molecule has 1 amide bonds. The highest BCUT2D eigenvalue weighted by atomic mass is 16.1. The summed E-state index contributed by atoms with van der Waals surface area (Å²) in [5.41, 5.74) is 1.70. The quantitative estimate of drug-likeness (QED) is 0.609. The number of nitrogens with zero attached hydrogens (tertiary/aromatic N) is 1. The van der Waals surface area contributed by atoms with Crippen LogP contribution in [0.3, 0.4) is 0 Å². The Hall–Kier alpha value is -2.16. The van der Waals surface area contributed by atoms with Crippen molar-refractivity contribution >= 4 is 11.7 Å². The van der Waals surface area contributed by atoms with Crippen LogP contribution in [0.4, 0.5) is 0 Å². The standard InChI is InChI=1S/C13H14N2O/c1-4-12(14-5-2)15-13(16)11-8-6-10(3)7-9-11/h4-9H,1-2H2,3H3,(H,14,15,16). The van der Waals surface area contributed by atoms with Gasteiger partial charge in [0.1, 0.15) is 5.84 Å². The van der Waals surface area contributed by atoms with E-state index in [1.807, 2.05) is 19.1 Å². The molecule has 0 bridgehead atoms. The van der Waals surface area contributed by atoms with Crippen molar-refractivity contribution in [2.45, 2.75) is 6.92 Å². The number of carbonyl (C=O) groups is 1. The minimum absolute atomic E-state index is 0.208. The topological polar surface area (TPSA) is 41.5 Å². The van der Waals surface area contributed by atoms with Crippen molar-refractivity contribution in [2.75, 3.05) is 0 Å². The molecule has 0 unspecified atom stereocenters. The second-order valence-corrected chi connectivity index (χ2v) is 3.22. The molecule has 3 heteroatoms. The number of rotatable bonds is 3. The lowest BCUT2D eigenvalue weighted by molar-refractivity contribution is 0.0977. The number of aryl methyl sites for hydroxylation is 1. The van der Waals surface area contributed by atoms with Crippen LogP contribution in [0, 0.1) is 6.92 Å². The molecule has 0 radical (unpaired) electrons. The lowest BCUT2D eigenvalue weighted by Gasteiger charge is -2.04. The van der Waals surface area contributed by atoms with Gasteiger partial charge in [0.05, 0.1) is 0 Å². The van der Waals surface area contributed by atoms with Crippen LogP contribution in [-0.2, 0) is 0 Å². The first kappa shape index (κ1) is 11.9. The van der Waals surface area contributed by atoms with Crippen molar-refractivity contribution in [1.82, 2.24) is 5.32 Å². The molecule has 0 aliphatic carbocycles. The van der Waals surface area contributed by atoms with Crippen LogP contribution in [0.25, 0.3) is 0 Å². The van der Waals surface area contributed by atoms with E-state index in [4.69, 9.17) is 0 Å². The summed E-state index contributed by atoms with van der Waals surface area (Å²) < 4.78 is 0. The predicted octanol–water partition coefficient (Wildman–Crippen LogP) is 2.45. The molecule has 1 aromatic carbocycles. The monoisotopic (exact) mass is 214 g/mol. The number of nitrogens with one attached hydrogen (secondary N) is 1. The lowest BCUT2D eigenvalue weighted by atomic mass is 10.1. The number of carbonyl (C=O) groups excluding carboxylic acids is 1. The van der Waals surface area contributed by atoms with Crippen LogP contribution in [-0.4, -0.2) is 11.7 Å². The van der Waals surface area contributed by atoms with Crippen molar-refractivity contribution in [2.24, 2.45) is 4.99 Å². The third kappa shape index (κ3) is 3.20. The second kappa shape index (κ2) is 5.66. The molecule has 0 saturated carbocycles. The Morgan fingerprint density at radius 3 is 2.44 bits per heavy atom. The molecular weight excluding hydrogens is 200 g/mol. The average molecular weight is 214 g/mol. The Balaban J connectivity index is 2.79. The molecule has 0 heterocycles. The van der Waals surface area contributed by atoms with Gasteiger partial charge in [-0.05, 0) is 25.1 Å². The Morgan fingerprint density at radius 2 is 1.94 bits per heavy atom. The van der Waals surface area contributed by atoms with Gasteiger partial charge in [-0.25, -0.2) is 4.99 Å². The number of amidine groups is 1. The summed E-state index contributed by atoms with van der Waals surface area (Å²) in [5, 5.41) is 2.63. The first-order chi connectivity index (χ1) is 7.67. The largest absolute Gasteiger partial charge is 0.307 e.